The van der Waals surface area contributed by atoms with Crippen LogP contribution in [0.3, 0.4) is 0 Å². The van der Waals surface area contributed by atoms with Crippen LogP contribution in [0, 0.1) is 6.92 Å². The van der Waals surface area contributed by atoms with Gasteiger partial charge in [0, 0.05) is 4.47 Å². The molecular formula is C16H15BrN2O2. The lowest BCUT2D eigenvalue weighted by molar-refractivity contribution is 0.554. The Labute approximate surface area is 130 Å². The molecule has 0 aliphatic carbocycles. The summed E-state index contributed by atoms with van der Waals surface area (Å²) in [5.41, 5.74) is 4.68. The van der Waals surface area contributed by atoms with Crippen molar-refractivity contribution in [1.29, 1.82) is 0 Å². The molecule has 0 aliphatic rings. The molecule has 2 N–H and O–H groups in total. The van der Waals surface area contributed by atoms with E-state index in [0.717, 1.165) is 15.6 Å². The maximum atomic E-state index is 11.3. The third-order valence-corrected chi connectivity index (χ3v) is 3.92. The third-order valence-electron chi connectivity index (χ3n) is 3.46. The first-order valence-corrected chi connectivity index (χ1v) is 7.43. The molecule has 2 aromatic carbocycles. The van der Waals surface area contributed by atoms with Crippen LogP contribution in [0.2, 0.25) is 0 Å². The summed E-state index contributed by atoms with van der Waals surface area (Å²) in [7, 11) is 1.92. The van der Waals surface area contributed by atoms with Gasteiger partial charge in [-0.3, -0.25) is 4.98 Å². The van der Waals surface area contributed by atoms with Gasteiger partial charge in [0.2, 0.25) is 0 Å². The number of rotatable bonds is 3. The quantitative estimate of drug-likeness (QED) is 0.762. The molecular weight excluding hydrogens is 332 g/mol. The van der Waals surface area contributed by atoms with E-state index in [1.165, 1.54) is 5.56 Å². The molecule has 1 heterocycles. The lowest BCUT2D eigenvalue weighted by Gasteiger charge is -2.18. The average molecular weight is 347 g/mol. The monoisotopic (exact) mass is 346 g/mol. The lowest BCUT2D eigenvalue weighted by atomic mass is 9.97. The molecule has 1 atom stereocenters. The van der Waals surface area contributed by atoms with E-state index in [-0.39, 0.29) is 6.04 Å². The summed E-state index contributed by atoms with van der Waals surface area (Å²) in [4.78, 5) is 13.9. The summed E-state index contributed by atoms with van der Waals surface area (Å²) in [6, 6.07) is 12.1. The van der Waals surface area contributed by atoms with E-state index in [9.17, 15) is 4.79 Å². The number of halogens is 1. The fraction of sp³-hybridized carbons (Fsp3) is 0.188. The molecule has 0 saturated heterocycles. The number of aromatic nitrogens is 1. The number of aryl methyl sites for hydroxylation is 1. The zero-order chi connectivity index (χ0) is 15.0. The molecule has 108 valence electrons. The van der Waals surface area contributed by atoms with E-state index in [0.29, 0.717) is 11.1 Å². The molecule has 1 aromatic heterocycles. The largest absolute Gasteiger partial charge is 0.417 e. The van der Waals surface area contributed by atoms with Gasteiger partial charge < -0.3 is 9.73 Å². The molecule has 0 amide bonds. The van der Waals surface area contributed by atoms with Crippen molar-refractivity contribution in [3.05, 3.63) is 68.1 Å². The second-order valence-corrected chi connectivity index (χ2v) is 5.97. The van der Waals surface area contributed by atoms with E-state index >= 15 is 0 Å². The highest BCUT2D eigenvalue weighted by Gasteiger charge is 2.14. The molecule has 0 bridgehead atoms. The summed E-state index contributed by atoms with van der Waals surface area (Å²) in [6.07, 6.45) is 0. The Morgan fingerprint density at radius 3 is 2.71 bits per heavy atom. The van der Waals surface area contributed by atoms with Crippen LogP contribution in [0.1, 0.15) is 22.7 Å². The summed E-state index contributed by atoms with van der Waals surface area (Å²) < 4.78 is 6.19. The van der Waals surface area contributed by atoms with Crippen molar-refractivity contribution in [1.82, 2.24) is 10.3 Å². The van der Waals surface area contributed by atoms with Crippen LogP contribution >= 0.6 is 15.9 Å². The Hall–Kier alpha value is -1.85. The zero-order valence-electron chi connectivity index (χ0n) is 11.7. The normalized spacial score (nSPS) is 12.7. The first-order valence-electron chi connectivity index (χ1n) is 6.64. The summed E-state index contributed by atoms with van der Waals surface area (Å²) in [5.74, 6) is -0.429. The van der Waals surface area contributed by atoms with Gasteiger partial charge in [-0.05, 0) is 54.9 Å². The van der Waals surface area contributed by atoms with Gasteiger partial charge in [0.25, 0.3) is 0 Å². The van der Waals surface area contributed by atoms with E-state index in [1.54, 1.807) is 0 Å². The number of hydrogen-bond acceptors (Lipinski definition) is 3. The molecule has 3 aromatic rings. The van der Waals surface area contributed by atoms with E-state index in [2.05, 4.69) is 51.4 Å². The molecule has 5 heteroatoms. The molecule has 1 unspecified atom stereocenters. The molecule has 21 heavy (non-hydrogen) atoms. The van der Waals surface area contributed by atoms with Gasteiger partial charge >= 0.3 is 5.76 Å². The van der Waals surface area contributed by atoms with Crippen molar-refractivity contribution in [2.24, 2.45) is 0 Å². The van der Waals surface area contributed by atoms with Gasteiger partial charge in [0.1, 0.15) is 0 Å². The maximum Gasteiger partial charge on any atom is 0.417 e. The highest BCUT2D eigenvalue weighted by Crippen LogP contribution is 2.27. The van der Waals surface area contributed by atoms with Crippen molar-refractivity contribution in [2.45, 2.75) is 13.0 Å². The number of H-pyrrole nitrogens is 1. The predicted octanol–water partition coefficient (Wildman–Crippen LogP) is 3.50. The maximum absolute atomic E-state index is 11.3. The Balaban J connectivity index is 2.10. The fourth-order valence-corrected chi connectivity index (χ4v) is 3.22. The van der Waals surface area contributed by atoms with Gasteiger partial charge in [-0.25, -0.2) is 4.79 Å². The highest BCUT2D eigenvalue weighted by molar-refractivity contribution is 9.10. The SMILES string of the molecule is CNC(c1cc(C)cc(Br)c1)c1ccc2[nH]c(=O)oc2c1. The van der Waals surface area contributed by atoms with Crippen LogP contribution < -0.4 is 11.1 Å². The van der Waals surface area contributed by atoms with Crippen molar-refractivity contribution >= 4 is 27.0 Å². The topological polar surface area (TPSA) is 58.0 Å². The molecule has 4 nitrogen and oxygen atoms in total. The van der Waals surface area contributed by atoms with Gasteiger partial charge in [-0.2, -0.15) is 0 Å². The molecule has 0 fully saturated rings. The van der Waals surface area contributed by atoms with Crippen molar-refractivity contribution in [3.63, 3.8) is 0 Å². The molecule has 0 radical (unpaired) electrons. The first-order chi connectivity index (χ1) is 10.1. The van der Waals surface area contributed by atoms with E-state index in [1.807, 2.05) is 25.2 Å². The Morgan fingerprint density at radius 1 is 1.19 bits per heavy atom. The Bertz CT molecular complexity index is 831. The van der Waals surface area contributed by atoms with E-state index in [4.69, 9.17) is 4.42 Å². The minimum Gasteiger partial charge on any atom is -0.408 e. The minimum absolute atomic E-state index is 0.0332. The van der Waals surface area contributed by atoms with Gasteiger partial charge in [-0.1, -0.05) is 28.1 Å². The van der Waals surface area contributed by atoms with Crippen molar-refractivity contribution in [2.75, 3.05) is 7.05 Å². The first kappa shape index (κ1) is 14.1. The van der Waals surface area contributed by atoms with Crippen molar-refractivity contribution in [3.8, 4) is 0 Å². The number of aromatic amines is 1. The molecule has 0 aliphatic heterocycles. The van der Waals surface area contributed by atoms with Crippen molar-refractivity contribution < 1.29 is 4.42 Å². The predicted molar refractivity (Wildman–Crippen MR) is 86.6 cm³/mol. The summed E-state index contributed by atoms with van der Waals surface area (Å²) in [6.45, 7) is 2.06. The van der Waals surface area contributed by atoms with Crippen LogP contribution in [0.25, 0.3) is 11.1 Å². The molecule has 3 rings (SSSR count). The minimum atomic E-state index is -0.429. The van der Waals surface area contributed by atoms with Crippen LogP contribution in [-0.2, 0) is 0 Å². The van der Waals surface area contributed by atoms with Crippen LogP contribution in [0.15, 0.2) is 50.1 Å². The van der Waals surface area contributed by atoms with Gasteiger partial charge in [-0.15, -0.1) is 0 Å². The van der Waals surface area contributed by atoms with Crippen LogP contribution in [-0.4, -0.2) is 12.0 Å². The standard InChI is InChI=1S/C16H15BrN2O2/c1-9-5-11(7-12(17)6-9)15(18-2)10-3-4-13-14(8-10)21-16(20)19-13/h3-8,15,18H,1-2H3,(H,19,20). The smallest absolute Gasteiger partial charge is 0.408 e. The Kier molecular flexibility index (Phi) is 3.69. The van der Waals surface area contributed by atoms with Crippen LogP contribution in [0.5, 0.6) is 0 Å². The fourth-order valence-electron chi connectivity index (χ4n) is 2.60. The number of oxazole rings is 1. The highest BCUT2D eigenvalue weighted by atomic mass is 79.9. The van der Waals surface area contributed by atoms with Gasteiger partial charge in [0.15, 0.2) is 5.58 Å². The lowest BCUT2D eigenvalue weighted by Crippen LogP contribution is -2.17. The number of benzene rings is 2. The number of fused-ring (bicyclic) bond motifs is 1. The average Bonchev–Trinajstić information content (AvgIpc) is 2.78. The second kappa shape index (κ2) is 5.50. The Morgan fingerprint density at radius 2 is 2.00 bits per heavy atom. The summed E-state index contributed by atoms with van der Waals surface area (Å²) >= 11 is 3.53. The van der Waals surface area contributed by atoms with Gasteiger partial charge in [0.05, 0.1) is 11.6 Å². The molecule has 0 saturated carbocycles. The number of nitrogens with one attached hydrogen (secondary N) is 2. The van der Waals surface area contributed by atoms with Crippen LogP contribution in [0.4, 0.5) is 0 Å². The summed E-state index contributed by atoms with van der Waals surface area (Å²) in [5, 5.41) is 3.31. The zero-order valence-corrected chi connectivity index (χ0v) is 13.3. The molecule has 0 spiro atoms. The van der Waals surface area contributed by atoms with E-state index < -0.39 is 5.76 Å². The second-order valence-electron chi connectivity index (χ2n) is 5.05. The third kappa shape index (κ3) is 2.80. The number of hydrogen-bond donors (Lipinski definition) is 2.